The van der Waals surface area contributed by atoms with Crippen molar-refractivity contribution in [1.82, 2.24) is 0 Å². The normalized spacial score (nSPS) is 11.4. The van der Waals surface area contributed by atoms with Crippen LogP contribution in [0.15, 0.2) is 18.2 Å². The average molecular weight is 285 g/mol. The maximum Gasteiger partial charge on any atom is 0.275 e. The van der Waals surface area contributed by atoms with Gasteiger partial charge in [0.2, 0.25) is 0 Å². The van der Waals surface area contributed by atoms with E-state index in [-0.39, 0.29) is 22.6 Å². The van der Waals surface area contributed by atoms with Crippen LogP contribution in [0.5, 0.6) is 5.75 Å². The highest BCUT2D eigenvalue weighted by Gasteiger charge is 2.14. The van der Waals surface area contributed by atoms with Gasteiger partial charge in [-0.15, -0.1) is 0 Å². The molecule has 0 radical (unpaired) electrons. The second kappa shape index (κ2) is 6.77. The number of rotatable bonds is 6. The third kappa shape index (κ3) is 5.48. The fourth-order valence-corrected chi connectivity index (χ4v) is 2.24. The van der Waals surface area contributed by atoms with Gasteiger partial charge in [0.15, 0.2) is 0 Å². The Morgan fingerprint density at radius 3 is 2.63 bits per heavy atom. The van der Waals surface area contributed by atoms with Gasteiger partial charge in [0.25, 0.3) is 5.69 Å². The lowest BCUT2D eigenvalue weighted by Crippen LogP contribution is -2.11. The van der Waals surface area contributed by atoms with Crippen molar-refractivity contribution in [2.75, 3.05) is 12.4 Å². The predicted molar refractivity (Wildman–Crippen MR) is 76.7 cm³/mol. The molecule has 0 saturated carbocycles. The molecule has 0 fully saturated rings. The molecule has 6 heteroatoms. The van der Waals surface area contributed by atoms with E-state index in [1.807, 2.05) is 0 Å². The maximum absolute atomic E-state index is 10.7. The van der Waals surface area contributed by atoms with E-state index in [0.29, 0.717) is 12.4 Å². The van der Waals surface area contributed by atoms with Crippen molar-refractivity contribution in [3.63, 3.8) is 0 Å². The smallest absolute Gasteiger partial charge is 0.275 e. The van der Waals surface area contributed by atoms with Gasteiger partial charge < -0.3 is 9.84 Å². The van der Waals surface area contributed by atoms with Crippen molar-refractivity contribution >= 4 is 17.4 Å². The van der Waals surface area contributed by atoms with Crippen molar-refractivity contribution in [3.8, 4) is 5.75 Å². The lowest BCUT2D eigenvalue weighted by molar-refractivity contribution is -0.385. The number of benzene rings is 1. The standard InChI is InChI=1S/C13H19NO4S/c1-13(2,3)19-7-6-18-11-4-5-12(14(16)17)10(8-11)9-15/h4-5,8,15H,6-7,9H2,1-3H3. The largest absolute Gasteiger partial charge is 0.493 e. The fraction of sp³-hybridized carbons (Fsp3) is 0.538. The average Bonchev–Trinajstić information content (AvgIpc) is 2.33. The summed E-state index contributed by atoms with van der Waals surface area (Å²) in [5, 5.41) is 19.8. The van der Waals surface area contributed by atoms with Crippen LogP contribution >= 0.6 is 11.8 Å². The highest BCUT2D eigenvalue weighted by atomic mass is 32.2. The number of hydrogen-bond acceptors (Lipinski definition) is 5. The molecule has 0 saturated heterocycles. The zero-order valence-corrected chi connectivity index (χ0v) is 12.2. The Morgan fingerprint density at radius 1 is 1.42 bits per heavy atom. The summed E-state index contributed by atoms with van der Waals surface area (Å²) in [6.45, 7) is 6.56. The van der Waals surface area contributed by atoms with Gasteiger partial charge in [-0.05, 0) is 12.1 Å². The van der Waals surface area contributed by atoms with E-state index in [9.17, 15) is 10.1 Å². The Hall–Kier alpha value is -1.27. The van der Waals surface area contributed by atoms with Crippen molar-refractivity contribution in [3.05, 3.63) is 33.9 Å². The van der Waals surface area contributed by atoms with Crippen LogP contribution in [0.4, 0.5) is 5.69 Å². The molecule has 0 aromatic heterocycles. The first kappa shape index (κ1) is 15.8. The van der Waals surface area contributed by atoms with E-state index in [1.165, 1.54) is 12.1 Å². The Bertz CT molecular complexity index is 443. The molecule has 0 atom stereocenters. The van der Waals surface area contributed by atoms with E-state index in [1.54, 1.807) is 17.8 Å². The number of aliphatic hydroxyl groups excluding tert-OH is 1. The molecule has 0 aliphatic heterocycles. The number of ether oxygens (including phenoxy) is 1. The molecule has 19 heavy (non-hydrogen) atoms. The first-order valence-corrected chi connectivity index (χ1v) is 6.97. The number of nitrogens with zero attached hydrogens (tertiary/aromatic N) is 1. The predicted octanol–water partition coefficient (Wildman–Crippen LogP) is 3.00. The second-order valence-corrected chi connectivity index (χ2v) is 6.94. The van der Waals surface area contributed by atoms with Crippen LogP contribution in [0.1, 0.15) is 26.3 Å². The topological polar surface area (TPSA) is 72.6 Å². The zero-order chi connectivity index (χ0) is 14.5. The Labute approximate surface area is 117 Å². The summed E-state index contributed by atoms with van der Waals surface area (Å²) in [6, 6.07) is 4.43. The molecule has 0 amide bonds. The van der Waals surface area contributed by atoms with Crippen LogP contribution in [0, 0.1) is 10.1 Å². The summed E-state index contributed by atoms with van der Waals surface area (Å²) in [5.74, 6) is 1.39. The van der Waals surface area contributed by atoms with Crippen molar-refractivity contribution in [2.45, 2.75) is 32.1 Å². The van der Waals surface area contributed by atoms with Crippen molar-refractivity contribution in [2.24, 2.45) is 0 Å². The van der Waals surface area contributed by atoms with Gasteiger partial charge in [-0.2, -0.15) is 11.8 Å². The molecule has 0 spiro atoms. The summed E-state index contributed by atoms with van der Waals surface area (Å²) in [6.07, 6.45) is 0. The lowest BCUT2D eigenvalue weighted by Gasteiger charge is -2.17. The summed E-state index contributed by atoms with van der Waals surface area (Å²) in [7, 11) is 0. The first-order chi connectivity index (χ1) is 8.83. The highest BCUT2D eigenvalue weighted by molar-refractivity contribution is 8.00. The summed E-state index contributed by atoms with van der Waals surface area (Å²) in [4.78, 5) is 10.2. The minimum Gasteiger partial charge on any atom is -0.493 e. The van der Waals surface area contributed by atoms with E-state index >= 15 is 0 Å². The monoisotopic (exact) mass is 285 g/mol. The third-order valence-corrected chi connectivity index (χ3v) is 3.54. The van der Waals surface area contributed by atoms with Gasteiger partial charge in [-0.25, -0.2) is 0 Å². The minimum absolute atomic E-state index is 0.0843. The van der Waals surface area contributed by atoms with Crippen LogP contribution in [-0.2, 0) is 6.61 Å². The molecular weight excluding hydrogens is 266 g/mol. The number of nitro groups is 1. The number of nitro benzene ring substituents is 1. The van der Waals surface area contributed by atoms with Gasteiger partial charge in [-0.3, -0.25) is 10.1 Å². The molecule has 1 aromatic carbocycles. The SMILES string of the molecule is CC(C)(C)SCCOc1ccc([N+](=O)[O-])c(CO)c1. The Morgan fingerprint density at radius 2 is 2.11 bits per heavy atom. The fourth-order valence-electron chi connectivity index (χ4n) is 1.46. The molecule has 0 aliphatic carbocycles. The molecular formula is C13H19NO4S. The number of thioether (sulfide) groups is 1. The number of hydrogen-bond donors (Lipinski definition) is 1. The third-order valence-electron chi connectivity index (χ3n) is 2.31. The van der Waals surface area contributed by atoms with Gasteiger partial charge in [0.05, 0.1) is 23.7 Å². The lowest BCUT2D eigenvalue weighted by atomic mass is 10.2. The van der Waals surface area contributed by atoms with Gasteiger partial charge in [-0.1, -0.05) is 20.8 Å². The first-order valence-electron chi connectivity index (χ1n) is 5.98. The Kier molecular flexibility index (Phi) is 5.62. The second-order valence-electron chi connectivity index (χ2n) is 5.02. The van der Waals surface area contributed by atoms with Gasteiger partial charge >= 0.3 is 0 Å². The van der Waals surface area contributed by atoms with E-state index in [2.05, 4.69) is 20.8 Å². The Balaban J connectivity index is 2.58. The van der Waals surface area contributed by atoms with E-state index in [4.69, 9.17) is 9.84 Å². The molecule has 1 N–H and O–H groups in total. The highest BCUT2D eigenvalue weighted by Crippen LogP contribution is 2.25. The van der Waals surface area contributed by atoms with Gasteiger partial charge in [0.1, 0.15) is 5.75 Å². The maximum atomic E-state index is 10.7. The summed E-state index contributed by atoms with van der Waals surface area (Å²) in [5.41, 5.74) is 0.185. The number of aliphatic hydroxyl groups is 1. The molecule has 0 unspecified atom stereocenters. The van der Waals surface area contributed by atoms with E-state index < -0.39 is 4.92 Å². The van der Waals surface area contributed by atoms with Crippen LogP contribution in [0.25, 0.3) is 0 Å². The van der Waals surface area contributed by atoms with Gasteiger partial charge in [0, 0.05) is 16.6 Å². The van der Waals surface area contributed by atoms with Crippen molar-refractivity contribution in [1.29, 1.82) is 0 Å². The van der Waals surface area contributed by atoms with Crippen molar-refractivity contribution < 1.29 is 14.8 Å². The molecule has 1 rings (SSSR count). The molecule has 0 aliphatic rings. The minimum atomic E-state index is -0.509. The molecule has 1 aromatic rings. The zero-order valence-electron chi connectivity index (χ0n) is 11.4. The van der Waals surface area contributed by atoms with Crippen LogP contribution in [0.3, 0.4) is 0 Å². The van der Waals surface area contributed by atoms with Crippen LogP contribution in [-0.4, -0.2) is 27.1 Å². The van der Waals surface area contributed by atoms with Crippen LogP contribution in [0.2, 0.25) is 0 Å². The quantitative estimate of drug-likeness (QED) is 0.494. The molecule has 0 bridgehead atoms. The molecule has 0 heterocycles. The van der Waals surface area contributed by atoms with Crippen LogP contribution < -0.4 is 4.74 Å². The molecule has 106 valence electrons. The summed E-state index contributed by atoms with van der Waals surface area (Å²) >= 11 is 1.79. The summed E-state index contributed by atoms with van der Waals surface area (Å²) < 4.78 is 5.71. The molecule has 5 nitrogen and oxygen atoms in total. The van der Waals surface area contributed by atoms with E-state index in [0.717, 1.165) is 5.75 Å².